The van der Waals surface area contributed by atoms with Gasteiger partial charge in [0.15, 0.2) is 5.69 Å². The van der Waals surface area contributed by atoms with E-state index in [0.717, 1.165) is 50.0 Å². The van der Waals surface area contributed by atoms with E-state index in [0.29, 0.717) is 17.7 Å². The summed E-state index contributed by atoms with van der Waals surface area (Å²) in [5.74, 6) is 1.83. The zero-order chi connectivity index (χ0) is 15.6. The van der Waals surface area contributed by atoms with Gasteiger partial charge in [-0.3, -0.25) is 4.79 Å². The minimum atomic E-state index is 0.149. The van der Waals surface area contributed by atoms with Crippen LogP contribution in [-0.2, 0) is 12.8 Å². The van der Waals surface area contributed by atoms with Crippen LogP contribution in [-0.4, -0.2) is 28.6 Å². The van der Waals surface area contributed by atoms with Crippen molar-refractivity contribution >= 4 is 5.91 Å². The van der Waals surface area contributed by atoms with E-state index in [-0.39, 0.29) is 5.91 Å². The molecule has 2 aliphatic carbocycles. The first-order valence-electron chi connectivity index (χ1n) is 9.63. The molecule has 4 nitrogen and oxygen atoms in total. The van der Waals surface area contributed by atoms with E-state index in [1.165, 1.54) is 44.9 Å². The van der Waals surface area contributed by atoms with E-state index >= 15 is 0 Å². The van der Waals surface area contributed by atoms with Crippen LogP contribution in [0.2, 0.25) is 0 Å². The van der Waals surface area contributed by atoms with Crippen LogP contribution in [0.5, 0.6) is 0 Å². The molecule has 2 fully saturated rings. The number of likely N-dealkylation sites (tertiary alicyclic amines) is 1. The molecule has 1 saturated heterocycles. The Labute approximate surface area is 138 Å². The summed E-state index contributed by atoms with van der Waals surface area (Å²) in [7, 11) is 0. The molecule has 0 aromatic carbocycles. The highest BCUT2D eigenvalue weighted by Gasteiger charge is 2.36. The molecule has 1 aliphatic heterocycles. The average molecular weight is 316 g/mol. The van der Waals surface area contributed by atoms with E-state index in [2.05, 4.69) is 10.1 Å². The number of hydrogen-bond acceptors (Lipinski definition) is 3. The van der Waals surface area contributed by atoms with Gasteiger partial charge >= 0.3 is 0 Å². The van der Waals surface area contributed by atoms with Crippen molar-refractivity contribution in [3.05, 3.63) is 17.0 Å². The summed E-state index contributed by atoms with van der Waals surface area (Å²) in [6.45, 7) is 0.904. The van der Waals surface area contributed by atoms with E-state index < -0.39 is 0 Å². The fourth-order valence-corrected chi connectivity index (χ4v) is 4.91. The van der Waals surface area contributed by atoms with E-state index in [1.807, 2.05) is 0 Å². The predicted octanol–water partition coefficient (Wildman–Crippen LogP) is 4.13. The van der Waals surface area contributed by atoms with Crippen LogP contribution in [0, 0.1) is 5.92 Å². The lowest BCUT2D eigenvalue weighted by Gasteiger charge is -2.38. The molecular weight excluding hydrogens is 288 g/mol. The van der Waals surface area contributed by atoms with E-state index in [4.69, 9.17) is 4.52 Å². The van der Waals surface area contributed by atoms with Gasteiger partial charge in [-0.25, -0.2) is 0 Å². The molecule has 0 unspecified atom stereocenters. The molecule has 126 valence electrons. The molecule has 0 radical (unpaired) electrons. The van der Waals surface area contributed by atoms with Gasteiger partial charge in [0.1, 0.15) is 5.76 Å². The van der Waals surface area contributed by atoms with Crippen LogP contribution >= 0.6 is 0 Å². The molecule has 1 aromatic rings. The second-order valence-corrected chi connectivity index (χ2v) is 7.60. The summed E-state index contributed by atoms with van der Waals surface area (Å²) in [4.78, 5) is 15.4. The first-order valence-corrected chi connectivity index (χ1v) is 9.63. The first-order chi connectivity index (χ1) is 11.3. The monoisotopic (exact) mass is 316 g/mol. The average Bonchev–Trinajstić information content (AvgIpc) is 2.76. The van der Waals surface area contributed by atoms with Gasteiger partial charge in [0.25, 0.3) is 5.91 Å². The fraction of sp³-hybridized carbons (Fsp3) is 0.789. The van der Waals surface area contributed by atoms with Crippen LogP contribution in [0.25, 0.3) is 0 Å². The van der Waals surface area contributed by atoms with Crippen molar-refractivity contribution in [2.24, 2.45) is 5.92 Å². The lowest BCUT2D eigenvalue weighted by Crippen LogP contribution is -2.45. The van der Waals surface area contributed by atoms with E-state index in [1.54, 1.807) is 0 Å². The number of aryl methyl sites for hydroxylation is 1. The topological polar surface area (TPSA) is 46.3 Å². The highest BCUT2D eigenvalue weighted by Crippen LogP contribution is 2.36. The molecule has 2 atom stereocenters. The molecule has 4 rings (SSSR count). The predicted molar refractivity (Wildman–Crippen MR) is 88.4 cm³/mol. The molecule has 1 aromatic heterocycles. The van der Waals surface area contributed by atoms with Crippen LogP contribution in [0.15, 0.2) is 4.52 Å². The maximum atomic E-state index is 13.3. The number of nitrogens with zero attached hydrogens (tertiary/aromatic N) is 2. The summed E-state index contributed by atoms with van der Waals surface area (Å²) < 4.78 is 5.55. The smallest absolute Gasteiger partial charge is 0.276 e. The van der Waals surface area contributed by atoms with Crippen LogP contribution < -0.4 is 0 Å². The van der Waals surface area contributed by atoms with Crippen LogP contribution in [0.3, 0.4) is 0 Å². The third kappa shape index (κ3) is 2.92. The number of carbonyl (C=O) groups excluding carboxylic acids is 1. The quantitative estimate of drug-likeness (QED) is 0.732. The number of fused-ring (bicyclic) bond motifs is 2. The third-order valence-electron chi connectivity index (χ3n) is 6.16. The number of carbonyl (C=O) groups is 1. The summed E-state index contributed by atoms with van der Waals surface area (Å²) in [5.41, 5.74) is 1.75. The van der Waals surface area contributed by atoms with Crippen molar-refractivity contribution < 1.29 is 9.32 Å². The Kier molecular flexibility index (Phi) is 4.41. The Balaban J connectivity index is 1.61. The zero-order valence-corrected chi connectivity index (χ0v) is 14.1. The summed E-state index contributed by atoms with van der Waals surface area (Å²) in [5, 5.41) is 4.22. The summed E-state index contributed by atoms with van der Waals surface area (Å²) in [6, 6.07) is 0.442. The summed E-state index contributed by atoms with van der Waals surface area (Å²) >= 11 is 0. The molecule has 0 spiro atoms. The van der Waals surface area contributed by atoms with Crippen molar-refractivity contribution in [1.29, 1.82) is 0 Å². The lowest BCUT2D eigenvalue weighted by atomic mass is 9.81. The van der Waals surface area contributed by atoms with Gasteiger partial charge in [0.2, 0.25) is 0 Å². The van der Waals surface area contributed by atoms with Gasteiger partial charge < -0.3 is 9.42 Å². The number of amides is 1. The molecule has 4 heteroatoms. The standard InChI is InChI=1S/C19H28N2O2/c22-19(18-15-10-2-1-3-12-17(15)23-20-18)21-13-7-6-9-14-8-4-5-11-16(14)21/h14,16H,1-13H2/t14-,16-/m0/s1. The maximum Gasteiger partial charge on any atom is 0.276 e. The van der Waals surface area contributed by atoms with Gasteiger partial charge in [0.05, 0.1) is 0 Å². The molecule has 0 bridgehead atoms. The van der Waals surface area contributed by atoms with Crippen molar-refractivity contribution in [3.63, 3.8) is 0 Å². The molecule has 3 aliphatic rings. The van der Waals surface area contributed by atoms with Gasteiger partial charge in [-0.05, 0) is 50.9 Å². The number of hydrogen-bond donors (Lipinski definition) is 0. The molecule has 2 heterocycles. The van der Waals surface area contributed by atoms with E-state index in [9.17, 15) is 4.79 Å². The molecule has 1 amide bonds. The van der Waals surface area contributed by atoms with Gasteiger partial charge in [-0.2, -0.15) is 0 Å². The first kappa shape index (κ1) is 15.2. The Morgan fingerprint density at radius 3 is 2.65 bits per heavy atom. The Morgan fingerprint density at radius 1 is 0.957 bits per heavy atom. The molecule has 0 N–H and O–H groups in total. The van der Waals surface area contributed by atoms with Crippen LogP contribution in [0.1, 0.15) is 86.0 Å². The van der Waals surface area contributed by atoms with Crippen LogP contribution in [0.4, 0.5) is 0 Å². The second kappa shape index (κ2) is 6.66. The van der Waals surface area contributed by atoms with Crippen molar-refractivity contribution in [3.8, 4) is 0 Å². The normalized spacial score (nSPS) is 28.4. The number of aromatic nitrogens is 1. The van der Waals surface area contributed by atoms with Crippen molar-refractivity contribution in [2.45, 2.75) is 83.1 Å². The Hall–Kier alpha value is -1.32. The minimum Gasteiger partial charge on any atom is -0.360 e. The SMILES string of the molecule is O=C(c1noc2c1CCCCC2)N1CCCC[C@@H]2CCCC[C@@H]21. The molecule has 23 heavy (non-hydrogen) atoms. The molecular formula is C19H28N2O2. The Morgan fingerprint density at radius 2 is 1.74 bits per heavy atom. The van der Waals surface area contributed by atoms with Crippen molar-refractivity contribution in [2.75, 3.05) is 6.54 Å². The lowest BCUT2D eigenvalue weighted by molar-refractivity contribution is 0.0557. The highest BCUT2D eigenvalue weighted by atomic mass is 16.5. The minimum absolute atomic E-state index is 0.149. The maximum absolute atomic E-state index is 13.3. The largest absolute Gasteiger partial charge is 0.360 e. The Bertz CT molecular complexity index is 566. The molecule has 1 saturated carbocycles. The second-order valence-electron chi connectivity index (χ2n) is 7.60. The zero-order valence-electron chi connectivity index (χ0n) is 14.1. The van der Waals surface area contributed by atoms with Gasteiger partial charge in [-0.1, -0.05) is 30.8 Å². The van der Waals surface area contributed by atoms with Gasteiger partial charge in [-0.15, -0.1) is 0 Å². The van der Waals surface area contributed by atoms with Crippen molar-refractivity contribution in [1.82, 2.24) is 10.1 Å². The number of rotatable bonds is 1. The van der Waals surface area contributed by atoms with Gasteiger partial charge in [0, 0.05) is 24.6 Å². The summed E-state index contributed by atoms with van der Waals surface area (Å²) in [6.07, 6.45) is 14.2. The fourth-order valence-electron chi connectivity index (χ4n) is 4.91. The highest BCUT2D eigenvalue weighted by molar-refractivity contribution is 5.94. The third-order valence-corrected chi connectivity index (χ3v) is 6.16.